The van der Waals surface area contributed by atoms with Gasteiger partial charge in [-0.1, -0.05) is 186 Å². The highest BCUT2D eigenvalue weighted by molar-refractivity contribution is 7.00. The summed E-state index contributed by atoms with van der Waals surface area (Å²) in [6.07, 6.45) is 6.07. The Morgan fingerprint density at radius 2 is 0.720 bits per heavy atom. The standard InChI is InChI=1S/C86H79BN4O2/c1-12-14-24-52-42-65-61-28-18-22-32-79(61)92-81(65)50-73(52)90-75-48-57(88-69-30-20-16-26-59(69)63-44-54(84(3,4)5)34-40-71(63)88)36-38-67(75)87-68-39-37-58(89-70-31-21-17-27-60(70)64-45-55(85(6,7)8)35-41-72(64)89)49-76(68)91(78-47-56(86(9,10)11)46-77(90)83(78)87)74-51-82-66(43-53(74)25-15-13-2)62-29-19-23-33-80(62)93-82/h16-23,26-51H,12-15,24-25H2,1-11H3. The molecule has 0 amide bonds. The van der Waals surface area contributed by atoms with Crippen LogP contribution < -0.4 is 26.2 Å². The first-order valence-corrected chi connectivity index (χ1v) is 34.0. The van der Waals surface area contributed by atoms with E-state index in [1.165, 1.54) is 111 Å². The molecule has 0 fully saturated rings. The van der Waals surface area contributed by atoms with Gasteiger partial charge in [0.2, 0.25) is 0 Å². The van der Waals surface area contributed by atoms with E-state index in [0.29, 0.717) is 0 Å². The molecule has 6 heterocycles. The smallest absolute Gasteiger partial charge is 0.252 e. The van der Waals surface area contributed by atoms with Crippen LogP contribution >= 0.6 is 0 Å². The monoisotopic (exact) mass is 1210 g/mol. The molecule has 17 rings (SSSR count). The molecule has 15 aromatic rings. The van der Waals surface area contributed by atoms with Gasteiger partial charge in [-0.15, -0.1) is 0 Å². The van der Waals surface area contributed by atoms with E-state index in [-0.39, 0.29) is 23.0 Å². The number of furan rings is 2. The number of benzene rings is 11. The predicted molar refractivity (Wildman–Crippen MR) is 397 cm³/mol. The molecule has 2 aliphatic heterocycles. The van der Waals surface area contributed by atoms with Gasteiger partial charge in [-0.25, -0.2) is 0 Å². The minimum Gasteiger partial charge on any atom is -0.456 e. The Kier molecular flexibility index (Phi) is 12.9. The number of rotatable bonds is 10. The van der Waals surface area contributed by atoms with E-state index >= 15 is 0 Å². The number of aryl methyl sites for hydroxylation is 2. The van der Waals surface area contributed by atoms with E-state index in [1.807, 2.05) is 0 Å². The first-order valence-electron chi connectivity index (χ1n) is 34.0. The average molecular weight is 1210 g/mol. The summed E-state index contributed by atoms with van der Waals surface area (Å²) >= 11 is 0. The number of nitrogens with zero attached hydrogens (tertiary/aromatic N) is 4. The van der Waals surface area contributed by atoms with Crippen molar-refractivity contribution in [2.45, 2.75) is 131 Å². The van der Waals surface area contributed by atoms with Gasteiger partial charge in [-0.2, -0.15) is 0 Å². The summed E-state index contributed by atoms with van der Waals surface area (Å²) in [6.45, 7) is 25.5. The molecule has 458 valence electrons. The van der Waals surface area contributed by atoms with Crippen molar-refractivity contribution in [3.63, 3.8) is 0 Å². The highest BCUT2D eigenvalue weighted by atomic mass is 16.3. The Morgan fingerprint density at radius 3 is 1.14 bits per heavy atom. The van der Waals surface area contributed by atoms with Crippen LogP contribution in [0.1, 0.15) is 130 Å². The van der Waals surface area contributed by atoms with Crippen molar-refractivity contribution < 1.29 is 8.83 Å². The van der Waals surface area contributed by atoms with E-state index < -0.39 is 0 Å². The maximum absolute atomic E-state index is 6.98. The van der Waals surface area contributed by atoms with E-state index in [9.17, 15) is 0 Å². The zero-order chi connectivity index (χ0) is 63.6. The fourth-order valence-electron chi connectivity index (χ4n) is 15.8. The van der Waals surface area contributed by atoms with Crippen LogP contribution in [0.4, 0.5) is 34.1 Å². The Labute approximate surface area is 545 Å². The molecule has 11 aromatic carbocycles. The number of fused-ring (bicyclic) bond motifs is 16. The SMILES string of the molecule is CCCCc1cc2c(cc1N1c3cc(-n4c5ccccc5c5cc(C(C)(C)C)ccc54)ccc3B3c4ccc(-n5c6ccccc6c6cc(C(C)(C)C)ccc65)cc4N(c4cc5oc6ccccc6c5cc4CCCC)c4cc(C(C)(C)C)cc1c43)oc1ccccc12. The quantitative estimate of drug-likeness (QED) is 0.128. The molecular formula is C86H79BN4O2. The maximum Gasteiger partial charge on any atom is 0.252 e. The van der Waals surface area contributed by atoms with Crippen LogP contribution in [0.15, 0.2) is 215 Å². The lowest BCUT2D eigenvalue weighted by molar-refractivity contribution is 0.590. The highest BCUT2D eigenvalue weighted by Gasteiger charge is 2.46. The van der Waals surface area contributed by atoms with Crippen molar-refractivity contribution in [3.05, 3.63) is 234 Å². The molecule has 0 unspecified atom stereocenters. The number of anilines is 6. The first kappa shape index (κ1) is 57.2. The molecule has 2 aliphatic rings. The summed E-state index contributed by atoms with van der Waals surface area (Å²) in [6, 6.07) is 79.1. The van der Waals surface area contributed by atoms with Crippen LogP contribution in [0.3, 0.4) is 0 Å². The molecule has 0 radical (unpaired) electrons. The molecule has 4 aromatic heterocycles. The summed E-state index contributed by atoms with van der Waals surface area (Å²) < 4.78 is 19.0. The van der Waals surface area contributed by atoms with Crippen LogP contribution in [-0.4, -0.2) is 15.8 Å². The normalized spacial score (nSPS) is 13.5. The van der Waals surface area contributed by atoms with E-state index in [0.717, 1.165) is 105 Å². The van der Waals surface area contributed by atoms with Gasteiger partial charge in [0.1, 0.15) is 22.3 Å². The van der Waals surface area contributed by atoms with Crippen LogP contribution in [0, 0.1) is 0 Å². The van der Waals surface area contributed by atoms with Gasteiger partial charge in [-0.3, -0.25) is 0 Å². The molecule has 0 aliphatic carbocycles. The van der Waals surface area contributed by atoms with Crippen molar-refractivity contribution >= 4 is 145 Å². The van der Waals surface area contributed by atoms with Crippen molar-refractivity contribution in [3.8, 4) is 11.4 Å². The third kappa shape index (κ3) is 8.89. The Hall–Kier alpha value is -9.72. The second-order valence-electron chi connectivity index (χ2n) is 29.8. The van der Waals surface area contributed by atoms with Crippen molar-refractivity contribution in [2.75, 3.05) is 9.80 Å². The van der Waals surface area contributed by atoms with Crippen molar-refractivity contribution in [1.29, 1.82) is 0 Å². The summed E-state index contributed by atoms with van der Waals surface area (Å²) in [7, 11) is 0. The Morgan fingerprint density at radius 1 is 0.323 bits per heavy atom. The summed E-state index contributed by atoms with van der Waals surface area (Å²) in [4.78, 5) is 5.35. The summed E-state index contributed by atoms with van der Waals surface area (Å²) in [5.74, 6) is 0. The minimum absolute atomic E-state index is 0.0121. The zero-order valence-corrected chi connectivity index (χ0v) is 55.6. The van der Waals surface area contributed by atoms with Crippen molar-refractivity contribution in [2.24, 2.45) is 0 Å². The number of aromatic nitrogens is 2. The van der Waals surface area contributed by atoms with Crippen molar-refractivity contribution in [1.82, 2.24) is 9.13 Å². The molecule has 93 heavy (non-hydrogen) atoms. The molecule has 7 heteroatoms. The lowest BCUT2D eigenvalue weighted by Crippen LogP contribution is -2.61. The molecule has 0 N–H and O–H groups in total. The molecule has 0 spiro atoms. The van der Waals surface area contributed by atoms with E-state index in [4.69, 9.17) is 8.83 Å². The molecular weight excluding hydrogens is 1130 g/mol. The Bertz CT molecular complexity index is 5260. The van der Waals surface area contributed by atoms with Crippen LogP contribution in [0.5, 0.6) is 0 Å². The van der Waals surface area contributed by atoms with E-state index in [2.05, 4.69) is 301 Å². The summed E-state index contributed by atoms with van der Waals surface area (Å²) in [5, 5.41) is 9.65. The third-order valence-corrected chi connectivity index (χ3v) is 20.7. The van der Waals surface area contributed by atoms with Gasteiger partial charge in [0.25, 0.3) is 6.71 Å². The Balaban J connectivity index is 1.00. The largest absolute Gasteiger partial charge is 0.456 e. The molecule has 0 atom stereocenters. The second kappa shape index (κ2) is 20.9. The number of para-hydroxylation sites is 4. The fraction of sp³-hybridized carbons (Fsp3) is 0.233. The predicted octanol–water partition coefficient (Wildman–Crippen LogP) is 22.3. The zero-order valence-electron chi connectivity index (χ0n) is 55.6. The number of unbranched alkanes of at least 4 members (excludes halogenated alkanes) is 2. The lowest BCUT2D eigenvalue weighted by atomic mass is 9.33. The molecule has 0 saturated heterocycles. The van der Waals surface area contributed by atoms with Gasteiger partial charge < -0.3 is 27.8 Å². The average Bonchev–Trinajstić information content (AvgIpc) is 1.58. The first-order chi connectivity index (χ1) is 44.9. The third-order valence-electron chi connectivity index (χ3n) is 20.7. The molecule has 0 bridgehead atoms. The van der Waals surface area contributed by atoms with Gasteiger partial charge in [0.15, 0.2) is 0 Å². The fourth-order valence-corrected chi connectivity index (χ4v) is 15.8. The van der Waals surface area contributed by atoms with Gasteiger partial charge in [0, 0.05) is 89.3 Å². The topological polar surface area (TPSA) is 42.6 Å². The number of hydrogen-bond acceptors (Lipinski definition) is 4. The van der Waals surface area contributed by atoms with Crippen LogP contribution in [-0.2, 0) is 29.1 Å². The molecule has 0 saturated carbocycles. The van der Waals surface area contributed by atoms with Crippen LogP contribution in [0.25, 0.3) is 98.9 Å². The van der Waals surface area contributed by atoms with Crippen LogP contribution in [0.2, 0.25) is 0 Å². The number of hydrogen-bond donors (Lipinski definition) is 0. The molecule has 6 nitrogen and oxygen atoms in total. The lowest BCUT2D eigenvalue weighted by Gasteiger charge is -2.46. The highest BCUT2D eigenvalue weighted by Crippen LogP contribution is 2.51. The van der Waals surface area contributed by atoms with E-state index in [1.54, 1.807) is 0 Å². The van der Waals surface area contributed by atoms with Gasteiger partial charge >= 0.3 is 0 Å². The van der Waals surface area contributed by atoms with Gasteiger partial charge in [0.05, 0.1) is 33.4 Å². The second-order valence-corrected chi connectivity index (χ2v) is 29.8. The summed E-state index contributed by atoms with van der Waals surface area (Å²) in [5.41, 5.74) is 27.7. The minimum atomic E-state index is -0.256. The maximum atomic E-state index is 6.98. The van der Waals surface area contributed by atoms with Gasteiger partial charge in [-0.05, 0) is 183 Å².